The zero-order valence-corrected chi connectivity index (χ0v) is 36.3. The predicted octanol–water partition coefficient (Wildman–Crippen LogP) is 17.4. The van der Waals surface area contributed by atoms with Gasteiger partial charge < -0.3 is 9.47 Å². The fourth-order valence-electron chi connectivity index (χ4n) is 11.0. The van der Waals surface area contributed by atoms with Crippen molar-refractivity contribution in [1.82, 2.24) is 4.57 Å². The second-order valence-corrected chi connectivity index (χ2v) is 18.1. The van der Waals surface area contributed by atoms with Crippen molar-refractivity contribution in [3.05, 3.63) is 242 Å². The van der Waals surface area contributed by atoms with E-state index in [2.05, 4.69) is 254 Å². The summed E-state index contributed by atoms with van der Waals surface area (Å²) in [6, 6.07) is 85.5. The number of aromatic nitrogens is 1. The van der Waals surface area contributed by atoms with Gasteiger partial charge >= 0.3 is 0 Å². The molecule has 2 heteroatoms. The minimum Gasteiger partial charge on any atom is -0.310 e. The molecule has 0 saturated carbocycles. The number of rotatable bonds is 6. The Morgan fingerprint density at radius 3 is 1.62 bits per heavy atom. The maximum absolute atomic E-state index is 2.52. The number of anilines is 3. The quantitative estimate of drug-likeness (QED) is 0.152. The third-order valence-corrected chi connectivity index (χ3v) is 14.1. The van der Waals surface area contributed by atoms with Gasteiger partial charge in [-0.1, -0.05) is 178 Å². The lowest BCUT2D eigenvalue weighted by Gasteiger charge is -2.31. The van der Waals surface area contributed by atoms with Crippen molar-refractivity contribution in [2.75, 3.05) is 4.90 Å². The summed E-state index contributed by atoms with van der Waals surface area (Å²) >= 11 is 0. The van der Waals surface area contributed by atoms with Gasteiger partial charge in [-0.05, 0) is 138 Å². The number of para-hydroxylation sites is 2. The van der Waals surface area contributed by atoms with Gasteiger partial charge in [0.15, 0.2) is 0 Å². The molecule has 0 bridgehead atoms. The van der Waals surface area contributed by atoms with Crippen LogP contribution in [0.5, 0.6) is 0 Å². The van der Waals surface area contributed by atoms with E-state index in [1.165, 1.54) is 98.6 Å². The summed E-state index contributed by atoms with van der Waals surface area (Å²) in [6.07, 6.45) is 0. The van der Waals surface area contributed by atoms with E-state index in [9.17, 15) is 0 Å². The van der Waals surface area contributed by atoms with E-state index in [-0.39, 0.29) is 5.41 Å². The molecule has 1 heterocycles. The second-order valence-electron chi connectivity index (χ2n) is 18.1. The number of hydrogen-bond donors (Lipinski definition) is 0. The molecule has 65 heavy (non-hydrogen) atoms. The molecule has 0 spiro atoms. The van der Waals surface area contributed by atoms with Crippen LogP contribution in [0.1, 0.15) is 25.0 Å². The van der Waals surface area contributed by atoms with Crippen molar-refractivity contribution in [3.8, 4) is 39.1 Å². The Kier molecular flexibility index (Phi) is 8.29. The molecule has 0 radical (unpaired) electrons. The Morgan fingerprint density at radius 2 is 0.892 bits per heavy atom. The molecule has 0 N–H and O–H groups in total. The SMILES string of the molecule is CC1(C)c2cc(N(c3ccc(-c4ccccc4)cc3)c3cccc(-n4c5ccccc5c5ccccc54)c3-c3cc4ccccc4c4ccccc34)ccc2-c2cc3ccccc3cc21. The first-order valence-electron chi connectivity index (χ1n) is 22.7. The highest BCUT2D eigenvalue weighted by Crippen LogP contribution is 2.53. The van der Waals surface area contributed by atoms with Crippen molar-refractivity contribution in [2.45, 2.75) is 19.3 Å². The highest BCUT2D eigenvalue weighted by molar-refractivity contribution is 6.17. The molecule has 13 rings (SSSR count). The molecule has 1 aliphatic carbocycles. The minimum atomic E-state index is -0.213. The first-order chi connectivity index (χ1) is 32.0. The molecule has 2 nitrogen and oxygen atoms in total. The van der Waals surface area contributed by atoms with Crippen LogP contribution in [-0.4, -0.2) is 4.57 Å². The van der Waals surface area contributed by atoms with E-state index in [0.29, 0.717) is 0 Å². The first-order valence-corrected chi connectivity index (χ1v) is 22.7. The van der Waals surface area contributed by atoms with Crippen LogP contribution in [0, 0.1) is 0 Å². The monoisotopic (exact) mass is 828 g/mol. The summed E-state index contributed by atoms with van der Waals surface area (Å²) in [5.74, 6) is 0. The third kappa shape index (κ3) is 5.74. The van der Waals surface area contributed by atoms with Crippen LogP contribution in [0.4, 0.5) is 17.1 Å². The predicted molar refractivity (Wildman–Crippen MR) is 276 cm³/mol. The molecule has 1 aliphatic rings. The van der Waals surface area contributed by atoms with E-state index >= 15 is 0 Å². The Labute approximate surface area is 378 Å². The van der Waals surface area contributed by atoms with E-state index in [0.717, 1.165) is 22.7 Å². The van der Waals surface area contributed by atoms with Crippen LogP contribution in [0.25, 0.3) is 93.2 Å². The van der Waals surface area contributed by atoms with Gasteiger partial charge in [-0.25, -0.2) is 0 Å². The van der Waals surface area contributed by atoms with Crippen LogP contribution in [-0.2, 0) is 5.41 Å². The van der Waals surface area contributed by atoms with Gasteiger partial charge in [-0.3, -0.25) is 0 Å². The average Bonchev–Trinajstić information content (AvgIpc) is 3.81. The summed E-state index contributed by atoms with van der Waals surface area (Å²) in [4.78, 5) is 2.52. The second kappa shape index (κ2) is 14.4. The molecule has 0 aliphatic heterocycles. The average molecular weight is 829 g/mol. The molecular formula is C63H44N2. The van der Waals surface area contributed by atoms with Gasteiger partial charge in [0.1, 0.15) is 0 Å². The van der Waals surface area contributed by atoms with Crippen LogP contribution in [0.2, 0.25) is 0 Å². The standard InChI is InChI=1S/C63H44N2/c1-63(2)56-39-44-20-7-6-19-43(44)37-54(56)51-36-35-47(40-57(51)63)64(46-33-31-42(32-34-46)41-17-4-3-5-18-41)60-29-16-30-61(65-58-27-14-12-25-52(58)53-26-13-15-28-59(53)65)62(60)55-38-45-21-8-9-22-48(45)49-23-10-11-24-50(49)55/h3-40H,1-2H3. The Morgan fingerprint density at radius 1 is 0.354 bits per heavy atom. The van der Waals surface area contributed by atoms with Crippen LogP contribution in [0.15, 0.2) is 231 Å². The number of hydrogen-bond acceptors (Lipinski definition) is 1. The number of fused-ring (bicyclic) bond motifs is 10. The normalized spacial score (nSPS) is 12.9. The lowest BCUT2D eigenvalue weighted by atomic mass is 9.81. The van der Waals surface area contributed by atoms with E-state index < -0.39 is 0 Å². The van der Waals surface area contributed by atoms with Crippen LogP contribution in [0.3, 0.4) is 0 Å². The molecular weight excluding hydrogens is 785 g/mol. The molecule has 12 aromatic rings. The zero-order chi connectivity index (χ0) is 43.2. The van der Waals surface area contributed by atoms with Crippen molar-refractivity contribution in [2.24, 2.45) is 0 Å². The molecule has 0 unspecified atom stereocenters. The van der Waals surface area contributed by atoms with Gasteiger partial charge in [0, 0.05) is 33.1 Å². The summed E-state index contributed by atoms with van der Waals surface area (Å²) in [7, 11) is 0. The highest BCUT2D eigenvalue weighted by Gasteiger charge is 2.37. The fourth-order valence-corrected chi connectivity index (χ4v) is 11.0. The van der Waals surface area contributed by atoms with E-state index in [1.807, 2.05) is 0 Å². The topological polar surface area (TPSA) is 8.17 Å². The van der Waals surface area contributed by atoms with Crippen molar-refractivity contribution < 1.29 is 0 Å². The summed E-state index contributed by atoms with van der Waals surface area (Å²) in [6.45, 7) is 4.79. The Hall–Kier alpha value is -8.20. The summed E-state index contributed by atoms with van der Waals surface area (Å²) in [5.41, 5.74) is 16.7. The van der Waals surface area contributed by atoms with Gasteiger partial charge in [0.05, 0.1) is 22.4 Å². The lowest BCUT2D eigenvalue weighted by molar-refractivity contribution is 0.661. The van der Waals surface area contributed by atoms with Gasteiger partial charge in [0.25, 0.3) is 0 Å². The van der Waals surface area contributed by atoms with Crippen LogP contribution < -0.4 is 4.90 Å². The highest BCUT2D eigenvalue weighted by atomic mass is 15.1. The largest absolute Gasteiger partial charge is 0.310 e. The van der Waals surface area contributed by atoms with Crippen molar-refractivity contribution in [3.63, 3.8) is 0 Å². The zero-order valence-electron chi connectivity index (χ0n) is 36.3. The fraction of sp³-hybridized carbons (Fsp3) is 0.0476. The number of nitrogens with zero attached hydrogens (tertiary/aromatic N) is 2. The summed E-state index contributed by atoms with van der Waals surface area (Å²) in [5, 5.41) is 9.96. The smallest absolute Gasteiger partial charge is 0.0561 e. The minimum absolute atomic E-state index is 0.213. The summed E-state index contributed by atoms with van der Waals surface area (Å²) < 4.78 is 2.50. The van der Waals surface area contributed by atoms with Crippen LogP contribution >= 0.6 is 0 Å². The maximum Gasteiger partial charge on any atom is 0.0561 e. The van der Waals surface area contributed by atoms with Gasteiger partial charge in [-0.2, -0.15) is 0 Å². The first kappa shape index (κ1) is 37.4. The van der Waals surface area contributed by atoms with Gasteiger partial charge in [0.2, 0.25) is 0 Å². The molecule has 0 fully saturated rings. The van der Waals surface area contributed by atoms with Gasteiger partial charge in [-0.15, -0.1) is 0 Å². The van der Waals surface area contributed by atoms with E-state index in [4.69, 9.17) is 0 Å². The molecule has 0 saturated heterocycles. The van der Waals surface area contributed by atoms with Crippen molar-refractivity contribution in [1.29, 1.82) is 0 Å². The molecule has 0 atom stereocenters. The Bertz CT molecular complexity index is 3800. The molecule has 0 amide bonds. The van der Waals surface area contributed by atoms with E-state index in [1.54, 1.807) is 0 Å². The van der Waals surface area contributed by atoms with Crippen molar-refractivity contribution >= 4 is 71.2 Å². The molecule has 306 valence electrons. The number of benzene rings is 11. The lowest BCUT2D eigenvalue weighted by Crippen LogP contribution is -2.17. The maximum atomic E-state index is 2.52. The molecule has 1 aromatic heterocycles. The Balaban J connectivity index is 1.13. The third-order valence-electron chi connectivity index (χ3n) is 14.1. The molecule has 11 aromatic carbocycles.